The van der Waals surface area contributed by atoms with Gasteiger partial charge in [0.1, 0.15) is 6.61 Å². The monoisotopic (exact) mass is 295 g/mol. The maximum atomic E-state index is 11.1. The molecule has 0 aromatic carbocycles. The molecule has 0 heterocycles. The first-order chi connectivity index (χ1) is 8.31. The summed E-state index contributed by atoms with van der Waals surface area (Å²) >= 11 is 0. The van der Waals surface area contributed by atoms with Crippen molar-refractivity contribution in [1.29, 1.82) is 0 Å². The molecule has 2 nitrogen and oxygen atoms in total. The second-order valence-electron chi connectivity index (χ2n) is 4.55. The van der Waals surface area contributed by atoms with Crippen LogP contribution in [0.3, 0.4) is 0 Å². The van der Waals surface area contributed by atoms with Gasteiger partial charge in [0.2, 0.25) is 0 Å². The molecule has 0 rings (SSSR count). The van der Waals surface area contributed by atoms with E-state index < -0.39 is 0 Å². The first-order valence-corrected chi connectivity index (χ1v) is 7.07. The maximum Gasteiger partial charge on any atom is 0.306 e. The molecule has 0 bridgehead atoms. The van der Waals surface area contributed by atoms with E-state index >= 15 is 0 Å². The van der Waals surface area contributed by atoms with Crippen molar-refractivity contribution in [3.63, 3.8) is 0 Å². The molecule has 18 heavy (non-hydrogen) atoms. The topological polar surface area (TPSA) is 26.3 Å². The van der Waals surface area contributed by atoms with Gasteiger partial charge < -0.3 is 4.74 Å². The molecule has 0 unspecified atom stereocenters. The van der Waals surface area contributed by atoms with Gasteiger partial charge in [-0.3, -0.25) is 4.79 Å². The van der Waals surface area contributed by atoms with Crippen molar-refractivity contribution in [2.24, 2.45) is 0 Å². The number of hydrogen-bond acceptors (Lipinski definition) is 2. The average Bonchev–Trinajstić information content (AvgIpc) is 2.34. The van der Waals surface area contributed by atoms with Gasteiger partial charge in [-0.2, -0.15) is 0 Å². The van der Waals surface area contributed by atoms with Crippen LogP contribution in [0.1, 0.15) is 71.1 Å². The standard InChI is InChI=1S/C15H28O2.Mn/c1-3-5-6-7-8-9-10-11-12-13-15(16)17-14-4-2;/h4H,2-3,5-14H2,1H3;. The Hall–Kier alpha value is -0.271. The minimum Gasteiger partial charge on any atom is -0.461 e. The molecule has 0 atom stereocenters. The Morgan fingerprint density at radius 1 is 1.00 bits per heavy atom. The van der Waals surface area contributed by atoms with Crippen molar-refractivity contribution in [2.75, 3.05) is 6.61 Å². The summed E-state index contributed by atoms with van der Waals surface area (Å²) in [4.78, 5) is 11.1. The third kappa shape index (κ3) is 15.7. The number of unbranched alkanes of at least 4 members (excludes halogenated alkanes) is 8. The second-order valence-corrected chi connectivity index (χ2v) is 4.55. The van der Waals surface area contributed by atoms with E-state index in [1.165, 1.54) is 44.9 Å². The molecule has 0 aliphatic rings. The summed E-state index contributed by atoms with van der Waals surface area (Å²) in [5, 5.41) is 0. The maximum absolute atomic E-state index is 11.1. The van der Waals surface area contributed by atoms with E-state index in [9.17, 15) is 4.79 Å². The molecule has 1 radical (unpaired) electrons. The molecule has 3 heteroatoms. The van der Waals surface area contributed by atoms with Crippen molar-refractivity contribution in [3.05, 3.63) is 12.7 Å². The number of carbonyl (C=O) groups excluding carboxylic acids is 1. The number of hydrogen-bond donors (Lipinski definition) is 0. The van der Waals surface area contributed by atoms with Crippen molar-refractivity contribution in [1.82, 2.24) is 0 Å². The first kappa shape index (κ1) is 20.1. The SMILES string of the molecule is C=CCOC(=O)CCCCCCCCCCC.[Mn]. The van der Waals surface area contributed by atoms with Crippen LogP contribution in [0.15, 0.2) is 12.7 Å². The van der Waals surface area contributed by atoms with Crippen molar-refractivity contribution < 1.29 is 26.6 Å². The largest absolute Gasteiger partial charge is 0.461 e. The van der Waals surface area contributed by atoms with E-state index in [0.717, 1.165) is 12.8 Å². The number of ether oxygens (including phenoxy) is 1. The van der Waals surface area contributed by atoms with E-state index in [1.54, 1.807) is 6.08 Å². The van der Waals surface area contributed by atoms with Crippen LogP contribution in [0, 0.1) is 0 Å². The molecular weight excluding hydrogens is 267 g/mol. The van der Waals surface area contributed by atoms with Gasteiger partial charge in [-0.1, -0.05) is 70.9 Å². The van der Waals surface area contributed by atoms with Crippen LogP contribution in [-0.2, 0) is 26.6 Å². The number of esters is 1. The van der Waals surface area contributed by atoms with Gasteiger partial charge in [0, 0.05) is 23.5 Å². The van der Waals surface area contributed by atoms with Gasteiger partial charge in [-0.05, 0) is 6.42 Å². The third-order valence-electron chi connectivity index (χ3n) is 2.85. The zero-order chi connectivity index (χ0) is 12.8. The number of carbonyl (C=O) groups is 1. The Labute approximate surface area is 123 Å². The Bertz CT molecular complexity index is 193. The summed E-state index contributed by atoms with van der Waals surface area (Å²) in [6.45, 7) is 6.09. The zero-order valence-corrected chi connectivity index (χ0v) is 12.9. The molecule has 0 saturated heterocycles. The predicted octanol–water partition coefficient (Wildman–Crippen LogP) is 4.63. The van der Waals surface area contributed by atoms with Gasteiger partial charge in [-0.15, -0.1) is 0 Å². The Morgan fingerprint density at radius 3 is 2.00 bits per heavy atom. The molecule has 0 aliphatic heterocycles. The van der Waals surface area contributed by atoms with E-state index in [2.05, 4.69) is 13.5 Å². The fourth-order valence-corrected chi connectivity index (χ4v) is 1.80. The molecule has 0 saturated carbocycles. The molecule has 107 valence electrons. The van der Waals surface area contributed by atoms with Gasteiger partial charge in [0.15, 0.2) is 0 Å². The van der Waals surface area contributed by atoms with Gasteiger partial charge in [-0.25, -0.2) is 0 Å². The van der Waals surface area contributed by atoms with Crippen LogP contribution < -0.4 is 0 Å². The fraction of sp³-hybridized carbons (Fsp3) is 0.800. The van der Waals surface area contributed by atoms with E-state index in [0.29, 0.717) is 13.0 Å². The van der Waals surface area contributed by atoms with Crippen LogP contribution in [0.5, 0.6) is 0 Å². The van der Waals surface area contributed by atoms with Crippen molar-refractivity contribution >= 4 is 5.97 Å². The molecular formula is C15H28MnO2. The zero-order valence-electron chi connectivity index (χ0n) is 11.8. The second kappa shape index (κ2) is 16.7. The van der Waals surface area contributed by atoms with Crippen LogP contribution in [0.2, 0.25) is 0 Å². The smallest absolute Gasteiger partial charge is 0.306 e. The van der Waals surface area contributed by atoms with Gasteiger partial charge in [0.05, 0.1) is 0 Å². The molecule has 0 fully saturated rings. The molecule has 0 aliphatic carbocycles. The van der Waals surface area contributed by atoms with Gasteiger partial charge in [0.25, 0.3) is 0 Å². The van der Waals surface area contributed by atoms with Crippen LogP contribution in [0.4, 0.5) is 0 Å². The fourth-order valence-electron chi connectivity index (χ4n) is 1.80. The van der Waals surface area contributed by atoms with E-state index in [1.807, 2.05) is 0 Å². The summed E-state index contributed by atoms with van der Waals surface area (Å²) < 4.78 is 4.91. The van der Waals surface area contributed by atoms with E-state index in [4.69, 9.17) is 4.74 Å². The molecule has 0 aromatic heterocycles. The third-order valence-corrected chi connectivity index (χ3v) is 2.85. The summed E-state index contributed by atoms with van der Waals surface area (Å²) in [6.07, 6.45) is 13.6. The molecule has 0 amide bonds. The summed E-state index contributed by atoms with van der Waals surface area (Å²) in [5.74, 6) is -0.0900. The van der Waals surface area contributed by atoms with Crippen LogP contribution >= 0.6 is 0 Å². The van der Waals surface area contributed by atoms with Crippen LogP contribution in [-0.4, -0.2) is 12.6 Å². The minimum absolute atomic E-state index is 0. The van der Waals surface area contributed by atoms with Gasteiger partial charge >= 0.3 is 5.97 Å². The quantitative estimate of drug-likeness (QED) is 0.227. The molecule has 0 N–H and O–H groups in total. The van der Waals surface area contributed by atoms with Crippen molar-refractivity contribution in [2.45, 2.75) is 71.1 Å². The van der Waals surface area contributed by atoms with Crippen molar-refractivity contribution in [3.8, 4) is 0 Å². The Morgan fingerprint density at radius 2 is 1.50 bits per heavy atom. The molecule has 0 spiro atoms. The minimum atomic E-state index is -0.0900. The molecule has 0 aromatic rings. The average molecular weight is 295 g/mol. The van der Waals surface area contributed by atoms with E-state index in [-0.39, 0.29) is 23.0 Å². The normalized spacial score (nSPS) is 9.61. The summed E-state index contributed by atoms with van der Waals surface area (Å²) in [5.41, 5.74) is 0. The predicted molar refractivity (Wildman–Crippen MR) is 73.0 cm³/mol. The summed E-state index contributed by atoms with van der Waals surface area (Å²) in [6, 6.07) is 0. The number of rotatable bonds is 12. The first-order valence-electron chi connectivity index (χ1n) is 7.07. The van der Waals surface area contributed by atoms with Crippen LogP contribution in [0.25, 0.3) is 0 Å². The summed E-state index contributed by atoms with van der Waals surface area (Å²) in [7, 11) is 0. The Kier molecular flexibility index (Phi) is 18.6. The Balaban J connectivity index is 0.